The molecule has 0 spiro atoms. The lowest BCUT2D eigenvalue weighted by Crippen LogP contribution is -2.25. The average molecular weight is 172 g/mol. The van der Waals surface area contributed by atoms with Crippen molar-refractivity contribution in [1.29, 1.82) is 0 Å². The molecule has 2 atom stereocenters. The molecule has 3 nitrogen and oxygen atoms in total. The summed E-state index contributed by atoms with van der Waals surface area (Å²) >= 11 is 0. The number of epoxide rings is 1. The Hall–Kier alpha value is -0.570. The number of ether oxygens (including phenoxy) is 2. The standard InChI is InChI=1S/C9H16O3/c1-4-5-6-11-8(10)9(3)7(2)12-9/h7H,4-6H2,1-3H3. The van der Waals surface area contributed by atoms with Crippen molar-refractivity contribution >= 4 is 5.97 Å². The van der Waals surface area contributed by atoms with E-state index in [4.69, 9.17) is 9.47 Å². The van der Waals surface area contributed by atoms with E-state index in [-0.39, 0.29) is 12.1 Å². The van der Waals surface area contributed by atoms with E-state index in [9.17, 15) is 4.79 Å². The largest absolute Gasteiger partial charge is 0.463 e. The summed E-state index contributed by atoms with van der Waals surface area (Å²) in [5, 5.41) is 0. The molecule has 0 aromatic heterocycles. The molecular weight excluding hydrogens is 156 g/mol. The summed E-state index contributed by atoms with van der Waals surface area (Å²) in [6.07, 6.45) is 1.99. The Kier molecular flexibility index (Phi) is 2.73. The molecular formula is C9H16O3. The van der Waals surface area contributed by atoms with Crippen LogP contribution in [0.4, 0.5) is 0 Å². The van der Waals surface area contributed by atoms with Gasteiger partial charge in [-0.1, -0.05) is 13.3 Å². The number of rotatable bonds is 4. The molecule has 1 heterocycles. The van der Waals surface area contributed by atoms with Crippen molar-refractivity contribution < 1.29 is 14.3 Å². The number of unbranched alkanes of at least 4 members (excludes halogenated alkanes) is 1. The van der Waals surface area contributed by atoms with Gasteiger partial charge in [-0.15, -0.1) is 0 Å². The Morgan fingerprint density at radius 2 is 2.25 bits per heavy atom. The van der Waals surface area contributed by atoms with E-state index in [0.717, 1.165) is 12.8 Å². The molecule has 3 heteroatoms. The molecule has 1 rings (SSSR count). The second-order valence-electron chi connectivity index (χ2n) is 3.36. The molecule has 1 aliphatic rings. The molecule has 0 saturated carbocycles. The summed E-state index contributed by atoms with van der Waals surface area (Å²) in [5.74, 6) is -0.219. The second-order valence-corrected chi connectivity index (χ2v) is 3.36. The van der Waals surface area contributed by atoms with Gasteiger partial charge in [-0.3, -0.25) is 0 Å². The first-order valence-corrected chi connectivity index (χ1v) is 4.46. The van der Waals surface area contributed by atoms with Crippen LogP contribution in [0.1, 0.15) is 33.6 Å². The van der Waals surface area contributed by atoms with Gasteiger partial charge in [-0.2, -0.15) is 0 Å². The van der Waals surface area contributed by atoms with Crippen LogP contribution in [0.3, 0.4) is 0 Å². The summed E-state index contributed by atoms with van der Waals surface area (Å²) in [6, 6.07) is 0. The van der Waals surface area contributed by atoms with Crippen LogP contribution in [0.2, 0.25) is 0 Å². The van der Waals surface area contributed by atoms with Gasteiger partial charge in [0.1, 0.15) is 0 Å². The highest BCUT2D eigenvalue weighted by atomic mass is 16.7. The number of carbonyl (C=O) groups is 1. The van der Waals surface area contributed by atoms with Gasteiger partial charge < -0.3 is 9.47 Å². The smallest absolute Gasteiger partial charge is 0.340 e. The lowest BCUT2D eigenvalue weighted by atomic mass is 10.1. The monoisotopic (exact) mass is 172 g/mol. The van der Waals surface area contributed by atoms with Crippen LogP contribution in [-0.4, -0.2) is 24.3 Å². The minimum Gasteiger partial charge on any atom is -0.463 e. The molecule has 2 unspecified atom stereocenters. The second kappa shape index (κ2) is 3.44. The molecule has 1 fully saturated rings. The SMILES string of the molecule is CCCCOC(=O)C1(C)OC1C. The highest BCUT2D eigenvalue weighted by molar-refractivity contribution is 5.82. The zero-order valence-electron chi connectivity index (χ0n) is 7.92. The maximum absolute atomic E-state index is 11.3. The van der Waals surface area contributed by atoms with Crippen LogP contribution < -0.4 is 0 Å². The van der Waals surface area contributed by atoms with Gasteiger partial charge >= 0.3 is 5.97 Å². The summed E-state index contributed by atoms with van der Waals surface area (Å²) in [4.78, 5) is 11.3. The van der Waals surface area contributed by atoms with Crippen LogP contribution in [0.25, 0.3) is 0 Å². The predicted octanol–water partition coefficient (Wildman–Crippen LogP) is 1.51. The number of esters is 1. The molecule has 0 aromatic rings. The predicted molar refractivity (Wildman–Crippen MR) is 44.8 cm³/mol. The van der Waals surface area contributed by atoms with Gasteiger partial charge in [-0.05, 0) is 20.3 Å². The summed E-state index contributed by atoms with van der Waals surface area (Å²) in [7, 11) is 0. The van der Waals surface area contributed by atoms with E-state index in [1.54, 1.807) is 6.92 Å². The van der Waals surface area contributed by atoms with Crippen LogP contribution in [0.5, 0.6) is 0 Å². The molecule has 0 radical (unpaired) electrons. The van der Waals surface area contributed by atoms with E-state index >= 15 is 0 Å². The first-order chi connectivity index (χ1) is 5.61. The molecule has 1 saturated heterocycles. The van der Waals surface area contributed by atoms with Crippen molar-refractivity contribution in [2.45, 2.75) is 45.3 Å². The highest BCUT2D eigenvalue weighted by Gasteiger charge is 2.57. The van der Waals surface area contributed by atoms with E-state index in [1.807, 2.05) is 6.92 Å². The van der Waals surface area contributed by atoms with Crippen LogP contribution in [0.15, 0.2) is 0 Å². The van der Waals surface area contributed by atoms with Gasteiger partial charge in [0.05, 0.1) is 12.7 Å². The normalized spacial score (nSPS) is 33.1. The van der Waals surface area contributed by atoms with Crippen molar-refractivity contribution in [1.82, 2.24) is 0 Å². The number of carbonyl (C=O) groups excluding carboxylic acids is 1. The summed E-state index contributed by atoms with van der Waals surface area (Å²) in [5.41, 5.74) is -0.645. The number of hydrogen-bond donors (Lipinski definition) is 0. The number of hydrogen-bond acceptors (Lipinski definition) is 3. The van der Waals surface area contributed by atoms with Crippen molar-refractivity contribution in [2.24, 2.45) is 0 Å². The third kappa shape index (κ3) is 1.78. The van der Waals surface area contributed by atoms with Gasteiger partial charge in [0, 0.05) is 0 Å². The molecule has 0 aromatic carbocycles. The Labute approximate surface area is 73.0 Å². The maximum atomic E-state index is 11.3. The molecule has 12 heavy (non-hydrogen) atoms. The minimum atomic E-state index is -0.645. The molecule has 0 aliphatic carbocycles. The Bertz CT molecular complexity index is 179. The topological polar surface area (TPSA) is 38.8 Å². The van der Waals surface area contributed by atoms with Gasteiger partial charge in [0.15, 0.2) is 5.60 Å². The van der Waals surface area contributed by atoms with Gasteiger partial charge in [-0.25, -0.2) is 4.79 Å². The zero-order chi connectivity index (χ0) is 9.19. The lowest BCUT2D eigenvalue weighted by Gasteiger charge is -2.06. The fourth-order valence-electron chi connectivity index (χ4n) is 1.000. The van der Waals surface area contributed by atoms with Gasteiger partial charge in [0.2, 0.25) is 0 Å². The Morgan fingerprint density at radius 3 is 2.67 bits per heavy atom. The molecule has 1 aliphatic heterocycles. The van der Waals surface area contributed by atoms with E-state index in [2.05, 4.69) is 6.92 Å². The molecule has 0 N–H and O–H groups in total. The van der Waals surface area contributed by atoms with Gasteiger partial charge in [0.25, 0.3) is 0 Å². The minimum absolute atomic E-state index is 0.0200. The zero-order valence-corrected chi connectivity index (χ0v) is 7.92. The van der Waals surface area contributed by atoms with Crippen molar-refractivity contribution in [2.75, 3.05) is 6.61 Å². The summed E-state index contributed by atoms with van der Waals surface area (Å²) in [6.45, 7) is 6.22. The third-order valence-electron chi connectivity index (χ3n) is 2.28. The average Bonchev–Trinajstić information content (AvgIpc) is 2.62. The first-order valence-electron chi connectivity index (χ1n) is 4.46. The van der Waals surface area contributed by atoms with Crippen LogP contribution >= 0.6 is 0 Å². The first kappa shape index (κ1) is 9.52. The quantitative estimate of drug-likeness (QED) is 0.366. The van der Waals surface area contributed by atoms with Crippen molar-refractivity contribution in [3.8, 4) is 0 Å². The third-order valence-corrected chi connectivity index (χ3v) is 2.28. The fourth-order valence-corrected chi connectivity index (χ4v) is 1.000. The Morgan fingerprint density at radius 1 is 1.67 bits per heavy atom. The van der Waals surface area contributed by atoms with E-state index in [0.29, 0.717) is 6.61 Å². The maximum Gasteiger partial charge on any atom is 0.340 e. The Balaban J connectivity index is 2.21. The lowest BCUT2D eigenvalue weighted by molar-refractivity contribution is -0.149. The van der Waals surface area contributed by atoms with Crippen LogP contribution in [-0.2, 0) is 14.3 Å². The van der Waals surface area contributed by atoms with Crippen LogP contribution in [0, 0.1) is 0 Å². The van der Waals surface area contributed by atoms with Crippen molar-refractivity contribution in [3.05, 3.63) is 0 Å². The van der Waals surface area contributed by atoms with E-state index in [1.165, 1.54) is 0 Å². The molecule has 0 bridgehead atoms. The molecule has 0 amide bonds. The molecule has 70 valence electrons. The highest BCUT2D eigenvalue weighted by Crippen LogP contribution is 2.36. The van der Waals surface area contributed by atoms with E-state index < -0.39 is 5.60 Å². The van der Waals surface area contributed by atoms with Crippen molar-refractivity contribution in [3.63, 3.8) is 0 Å². The summed E-state index contributed by atoms with van der Waals surface area (Å²) < 4.78 is 10.1. The fraction of sp³-hybridized carbons (Fsp3) is 0.889.